The Morgan fingerprint density at radius 3 is 2.48 bits per heavy atom. The monoisotopic (exact) mass is 288 g/mol. The highest BCUT2D eigenvalue weighted by molar-refractivity contribution is 5.38. The minimum Gasteiger partial charge on any atom is -0.497 e. The van der Waals surface area contributed by atoms with Gasteiger partial charge in [0, 0.05) is 6.42 Å². The van der Waals surface area contributed by atoms with Crippen molar-refractivity contribution in [2.45, 2.75) is 58.0 Å². The molecule has 2 heteroatoms. The molecule has 0 aromatic heterocycles. The first-order valence-electron chi connectivity index (χ1n) is 8.38. The molecule has 0 aliphatic heterocycles. The van der Waals surface area contributed by atoms with Crippen LogP contribution in [0.4, 0.5) is 0 Å². The number of ether oxygens (including phenoxy) is 1. The minimum absolute atomic E-state index is 0.454. The summed E-state index contributed by atoms with van der Waals surface area (Å²) in [6.45, 7) is 4.68. The predicted octanol–water partition coefficient (Wildman–Crippen LogP) is 3.99. The zero-order valence-electron chi connectivity index (χ0n) is 13.6. The van der Waals surface area contributed by atoms with E-state index in [0.717, 1.165) is 36.8 Å². The number of hydrogen-bond acceptors (Lipinski definition) is 2. The normalized spacial score (nSPS) is 36.1. The van der Waals surface area contributed by atoms with E-state index in [9.17, 15) is 5.11 Å². The van der Waals surface area contributed by atoms with E-state index in [0.29, 0.717) is 5.92 Å². The number of rotatable bonds is 2. The highest BCUT2D eigenvalue weighted by Crippen LogP contribution is 2.44. The maximum Gasteiger partial charge on any atom is 0.119 e. The quantitative estimate of drug-likeness (QED) is 0.891. The van der Waals surface area contributed by atoms with Crippen LogP contribution >= 0.6 is 0 Å². The third kappa shape index (κ3) is 2.96. The van der Waals surface area contributed by atoms with Crippen LogP contribution in [-0.4, -0.2) is 17.8 Å². The van der Waals surface area contributed by atoms with Gasteiger partial charge in [0.2, 0.25) is 0 Å². The van der Waals surface area contributed by atoms with Gasteiger partial charge < -0.3 is 9.84 Å². The minimum atomic E-state index is -0.512. The molecule has 2 aliphatic rings. The molecule has 2 aliphatic carbocycles. The number of aliphatic hydroxyl groups is 1. The SMILES string of the molecule is COc1ccc2c(c1)CC(O)(C1CC(C)CC(C)C1)CC2. The number of hydrogen-bond donors (Lipinski definition) is 1. The number of methoxy groups -OCH3 is 1. The summed E-state index contributed by atoms with van der Waals surface area (Å²) in [6.07, 6.45) is 6.38. The highest BCUT2D eigenvalue weighted by Gasteiger charge is 2.42. The molecule has 0 heterocycles. The van der Waals surface area contributed by atoms with Gasteiger partial charge in [0.1, 0.15) is 5.75 Å². The molecule has 1 N–H and O–H groups in total. The van der Waals surface area contributed by atoms with E-state index < -0.39 is 5.60 Å². The summed E-state index contributed by atoms with van der Waals surface area (Å²) < 4.78 is 5.35. The lowest BCUT2D eigenvalue weighted by Crippen LogP contribution is -2.46. The van der Waals surface area contributed by atoms with Crippen molar-refractivity contribution in [3.8, 4) is 5.75 Å². The highest BCUT2D eigenvalue weighted by atomic mass is 16.5. The maximum absolute atomic E-state index is 11.3. The predicted molar refractivity (Wildman–Crippen MR) is 85.6 cm³/mol. The summed E-state index contributed by atoms with van der Waals surface area (Å²) in [4.78, 5) is 0. The van der Waals surface area contributed by atoms with E-state index in [1.165, 1.54) is 30.4 Å². The van der Waals surface area contributed by atoms with E-state index in [-0.39, 0.29) is 0 Å². The second-order valence-corrected chi connectivity index (χ2v) is 7.53. The van der Waals surface area contributed by atoms with Gasteiger partial charge in [-0.3, -0.25) is 0 Å². The molecular weight excluding hydrogens is 260 g/mol. The van der Waals surface area contributed by atoms with Crippen LogP contribution in [0.2, 0.25) is 0 Å². The summed E-state index contributed by atoms with van der Waals surface area (Å²) in [5.74, 6) is 2.85. The van der Waals surface area contributed by atoms with E-state index >= 15 is 0 Å². The van der Waals surface area contributed by atoms with Crippen molar-refractivity contribution in [1.82, 2.24) is 0 Å². The van der Waals surface area contributed by atoms with Crippen molar-refractivity contribution in [2.24, 2.45) is 17.8 Å². The number of benzene rings is 1. The smallest absolute Gasteiger partial charge is 0.119 e. The topological polar surface area (TPSA) is 29.5 Å². The molecule has 1 fully saturated rings. The van der Waals surface area contributed by atoms with Gasteiger partial charge in [-0.1, -0.05) is 19.9 Å². The summed E-state index contributed by atoms with van der Waals surface area (Å²) in [7, 11) is 1.71. The van der Waals surface area contributed by atoms with Crippen LogP contribution in [0.1, 0.15) is 50.7 Å². The lowest BCUT2D eigenvalue weighted by atomic mass is 9.64. The van der Waals surface area contributed by atoms with E-state index in [4.69, 9.17) is 4.74 Å². The molecule has 0 spiro atoms. The van der Waals surface area contributed by atoms with Crippen molar-refractivity contribution in [2.75, 3.05) is 7.11 Å². The Morgan fingerprint density at radius 2 is 1.81 bits per heavy atom. The zero-order chi connectivity index (χ0) is 15.0. The molecule has 1 aromatic carbocycles. The molecule has 3 rings (SSSR count). The van der Waals surface area contributed by atoms with Crippen LogP contribution in [0.5, 0.6) is 5.75 Å². The van der Waals surface area contributed by atoms with Gasteiger partial charge in [-0.2, -0.15) is 0 Å². The maximum atomic E-state index is 11.3. The molecule has 21 heavy (non-hydrogen) atoms. The Kier molecular flexibility index (Phi) is 4.00. The summed E-state index contributed by atoms with van der Waals surface area (Å²) in [5, 5.41) is 11.3. The van der Waals surface area contributed by atoms with Crippen LogP contribution in [0.25, 0.3) is 0 Å². The Balaban J connectivity index is 1.82. The number of aryl methyl sites for hydroxylation is 1. The molecule has 0 bridgehead atoms. The Hall–Kier alpha value is -1.02. The Morgan fingerprint density at radius 1 is 1.10 bits per heavy atom. The van der Waals surface area contributed by atoms with Crippen molar-refractivity contribution < 1.29 is 9.84 Å². The molecule has 1 aromatic rings. The van der Waals surface area contributed by atoms with E-state index in [2.05, 4.69) is 26.0 Å². The lowest BCUT2D eigenvalue weighted by Gasteiger charge is -2.45. The van der Waals surface area contributed by atoms with Crippen molar-refractivity contribution in [3.05, 3.63) is 29.3 Å². The van der Waals surface area contributed by atoms with Crippen LogP contribution in [0.15, 0.2) is 18.2 Å². The molecule has 0 radical (unpaired) electrons. The molecule has 2 nitrogen and oxygen atoms in total. The van der Waals surface area contributed by atoms with Crippen molar-refractivity contribution in [3.63, 3.8) is 0 Å². The molecule has 3 unspecified atom stereocenters. The van der Waals surface area contributed by atoms with Gasteiger partial charge in [0.25, 0.3) is 0 Å². The summed E-state index contributed by atoms with van der Waals surface area (Å²) >= 11 is 0. The number of fused-ring (bicyclic) bond motifs is 1. The molecule has 116 valence electrons. The van der Waals surface area contributed by atoms with E-state index in [1.54, 1.807) is 7.11 Å². The van der Waals surface area contributed by atoms with Crippen molar-refractivity contribution in [1.29, 1.82) is 0 Å². The van der Waals surface area contributed by atoms with Crippen LogP contribution in [0, 0.1) is 17.8 Å². The Bertz CT molecular complexity index is 500. The first kappa shape index (κ1) is 14.9. The van der Waals surface area contributed by atoms with Crippen LogP contribution < -0.4 is 4.74 Å². The third-order valence-electron chi connectivity index (χ3n) is 5.68. The molecule has 0 amide bonds. The van der Waals surface area contributed by atoms with Gasteiger partial charge in [0.15, 0.2) is 0 Å². The van der Waals surface area contributed by atoms with Gasteiger partial charge in [-0.05, 0) is 73.1 Å². The molecule has 1 saturated carbocycles. The van der Waals surface area contributed by atoms with Gasteiger partial charge >= 0.3 is 0 Å². The lowest BCUT2D eigenvalue weighted by molar-refractivity contribution is -0.0583. The molecular formula is C19H28O2. The van der Waals surface area contributed by atoms with Gasteiger partial charge in [0.05, 0.1) is 12.7 Å². The molecule has 0 saturated heterocycles. The fourth-order valence-corrected chi connectivity index (χ4v) is 4.64. The summed E-state index contributed by atoms with van der Waals surface area (Å²) in [5.41, 5.74) is 2.16. The first-order valence-corrected chi connectivity index (χ1v) is 8.38. The standard InChI is InChI=1S/C19H28O2/c1-13-8-14(2)10-17(9-13)19(20)7-6-15-4-5-18(21-3)11-16(15)12-19/h4-5,11,13-14,17,20H,6-10,12H2,1-3H3. The fraction of sp³-hybridized carbons (Fsp3) is 0.684. The average molecular weight is 288 g/mol. The van der Waals surface area contributed by atoms with Gasteiger partial charge in [-0.15, -0.1) is 0 Å². The third-order valence-corrected chi connectivity index (χ3v) is 5.68. The largest absolute Gasteiger partial charge is 0.497 e. The fourth-order valence-electron chi connectivity index (χ4n) is 4.64. The molecule has 3 atom stereocenters. The average Bonchev–Trinajstić information content (AvgIpc) is 2.45. The zero-order valence-corrected chi connectivity index (χ0v) is 13.6. The Labute approximate surface area is 128 Å². The van der Waals surface area contributed by atoms with Crippen LogP contribution in [0.3, 0.4) is 0 Å². The van der Waals surface area contributed by atoms with Crippen molar-refractivity contribution >= 4 is 0 Å². The van der Waals surface area contributed by atoms with Gasteiger partial charge in [-0.25, -0.2) is 0 Å². The summed E-state index contributed by atoms with van der Waals surface area (Å²) in [6, 6.07) is 6.32. The van der Waals surface area contributed by atoms with Crippen LogP contribution in [-0.2, 0) is 12.8 Å². The first-order chi connectivity index (χ1) is 10.00. The second-order valence-electron chi connectivity index (χ2n) is 7.53. The van der Waals surface area contributed by atoms with E-state index in [1.807, 2.05) is 6.07 Å². The second kappa shape index (κ2) is 5.64.